The number of benzene rings is 3. The van der Waals surface area contributed by atoms with Crippen molar-refractivity contribution in [2.45, 2.75) is 19.4 Å². The summed E-state index contributed by atoms with van der Waals surface area (Å²) in [6, 6.07) is 19.1. The molecule has 3 aromatic rings. The van der Waals surface area contributed by atoms with Crippen molar-refractivity contribution in [2.24, 2.45) is 0 Å². The topological polar surface area (TPSA) is 94.5 Å². The van der Waals surface area contributed by atoms with Crippen molar-refractivity contribution in [3.05, 3.63) is 89.0 Å². The number of hydrogen-bond donors (Lipinski definition) is 1. The van der Waals surface area contributed by atoms with Crippen LogP contribution in [0, 0.1) is 0 Å². The van der Waals surface area contributed by atoms with E-state index in [0.717, 1.165) is 5.56 Å². The van der Waals surface area contributed by atoms with Crippen LogP contribution in [0.5, 0.6) is 23.0 Å². The van der Waals surface area contributed by atoms with Crippen LogP contribution in [0.3, 0.4) is 0 Å². The molecule has 8 heteroatoms. The fraction of sp³-hybridized carbons (Fsp3) is 0.267. The molecule has 0 unspecified atom stereocenters. The average molecular weight is 516 g/mol. The maximum atomic E-state index is 13.4. The Morgan fingerprint density at radius 3 is 2.47 bits per heavy atom. The molecule has 2 aliphatic heterocycles. The number of hydrogen-bond acceptors (Lipinski definition) is 7. The van der Waals surface area contributed by atoms with Crippen LogP contribution in [0.25, 0.3) is 5.76 Å². The van der Waals surface area contributed by atoms with E-state index < -0.39 is 17.7 Å². The van der Waals surface area contributed by atoms with Gasteiger partial charge in [0.2, 0.25) is 0 Å². The second-order valence-electron chi connectivity index (χ2n) is 8.93. The van der Waals surface area contributed by atoms with E-state index in [9.17, 15) is 14.7 Å². The maximum Gasteiger partial charge on any atom is 0.295 e. The minimum Gasteiger partial charge on any atom is -0.507 e. The average Bonchev–Trinajstić information content (AvgIpc) is 3.21. The Labute approximate surface area is 221 Å². The van der Waals surface area contributed by atoms with Crippen LogP contribution in [0.4, 0.5) is 0 Å². The number of fused-ring (bicyclic) bond motifs is 1. The molecule has 1 N–H and O–H groups in total. The summed E-state index contributed by atoms with van der Waals surface area (Å²) in [5.74, 6) is 0.354. The van der Waals surface area contributed by atoms with Gasteiger partial charge in [-0.15, -0.1) is 0 Å². The monoisotopic (exact) mass is 515 g/mol. The first kappa shape index (κ1) is 25.2. The number of ketones is 1. The minimum atomic E-state index is -0.823. The van der Waals surface area contributed by atoms with Gasteiger partial charge in [0.05, 0.1) is 25.3 Å². The number of ether oxygens (including phenoxy) is 4. The van der Waals surface area contributed by atoms with Gasteiger partial charge in [-0.1, -0.05) is 36.4 Å². The molecule has 0 spiro atoms. The van der Waals surface area contributed by atoms with Crippen LogP contribution >= 0.6 is 0 Å². The Kier molecular flexibility index (Phi) is 7.22. The zero-order valence-corrected chi connectivity index (χ0v) is 21.3. The van der Waals surface area contributed by atoms with Gasteiger partial charge in [0.25, 0.3) is 11.7 Å². The Morgan fingerprint density at radius 2 is 1.74 bits per heavy atom. The summed E-state index contributed by atoms with van der Waals surface area (Å²) in [6.07, 6.45) is 0.544. The molecule has 196 valence electrons. The van der Waals surface area contributed by atoms with Crippen LogP contribution in [-0.2, 0) is 16.0 Å². The molecule has 1 fully saturated rings. The van der Waals surface area contributed by atoms with Crippen molar-refractivity contribution < 1.29 is 33.6 Å². The van der Waals surface area contributed by atoms with Crippen LogP contribution in [0.15, 0.2) is 72.3 Å². The number of Topliss-reactive ketones (excluding diaryl/α,β-unsaturated/α-hetero) is 1. The van der Waals surface area contributed by atoms with Gasteiger partial charge in [0.15, 0.2) is 23.0 Å². The van der Waals surface area contributed by atoms with Gasteiger partial charge in [-0.3, -0.25) is 9.59 Å². The lowest BCUT2D eigenvalue weighted by molar-refractivity contribution is -0.139. The normalized spacial score (nSPS) is 17.9. The number of aliphatic hydroxyl groups excluding tert-OH is 1. The maximum absolute atomic E-state index is 13.4. The van der Waals surface area contributed by atoms with Gasteiger partial charge in [0.1, 0.15) is 19.0 Å². The first-order valence-corrected chi connectivity index (χ1v) is 12.5. The third-order valence-electron chi connectivity index (χ3n) is 6.64. The van der Waals surface area contributed by atoms with Gasteiger partial charge < -0.3 is 29.0 Å². The zero-order valence-electron chi connectivity index (χ0n) is 21.3. The second-order valence-corrected chi connectivity index (χ2v) is 8.93. The molecule has 38 heavy (non-hydrogen) atoms. The van der Waals surface area contributed by atoms with Crippen molar-refractivity contribution in [1.29, 1.82) is 0 Å². The Balaban J connectivity index is 1.60. The first-order chi connectivity index (χ1) is 18.5. The molecule has 0 saturated carbocycles. The number of amides is 1. The van der Waals surface area contributed by atoms with Crippen molar-refractivity contribution in [1.82, 2.24) is 4.90 Å². The molecule has 0 bridgehead atoms. The summed E-state index contributed by atoms with van der Waals surface area (Å²) < 4.78 is 22.4. The predicted molar refractivity (Wildman–Crippen MR) is 141 cm³/mol. The number of likely N-dealkylation sites (tertiary alicyclic amines) is 1. The molecule has 2 heterocycles. The van der Waals surface area contributed by atoms with E-state index in [4.69, 9.17) is 18.9 Å². The lowest BCUT2D eigenvalue weighted by Gasteiger charge is -2.26. The van der Waals surface area contributed by atoms with Crippen molar-refractivity contribution >= 4 is 17.4 Å². The molecule has 0 aromatic heterocycles. The van der Waals surface area contributed by atoms with Gasteiger partial charge in [-0.05, 0) is 54.8 Å². The largest absolute Gasteiger partial charge is 0.507 e. The number of rotatable bonds is 8. The zero-order chi connectivity index (χ0) is 26.6. The van der Waals surface area contributed by atoms with E-state index >= 15 is 0 Å². The molecule has 8 nitrogen and oxygen atoms in total. The number of carbonyl (C=O) groups excluding carboxylic acids is 2. The predicted octanol–water partition coefficient (Wildman–Crippen LogP) is 4.53. The van der Waals surface area contributed by atoms with Crippen molar-refractivity contribution in [3.63, 3.8) is 0 Å². The smallest absolute Gasteiger partial charge is 0.295 e. The number of carbonyl (C=O) groups is 2. The summed E-state index contributed by atoms with van der Waals surface area (Å²) in [4.78, 5) is 28.3. The Morgan fingerprint density at radius 1 is 0.974 bits per heavy atom. The van der Waals surface area contributed by atoms with Crippen LogP contribution < -0.4 is 18.9 Å². The summed E-state index contributed by atoms with van der Waals surface area (Å²) in [5, 5.41) is 11.4. The molecule has 3 aromatic carbocycles. The molecule has 0 radical (unpaired) electrons. The van der Waals surface area contributed by atoms with E-state index in [0.29, 0.717) is 60.4 Å². The molecular formula is C30H29NO7. The highest BCUT2D eigenvalue weighted by Crippen LogP contribution is 2.43. The lowest BCUT2D eigenvalue weighted by atomic mass is 9.94. The standard InChI is InChI=1S/C30H29NO7/c1-3-36-22-11-9-20(17-24(22)35-2)27-26(28(32)21-10-12-23-25(18-21)38-16-15-37-23)29(33)30(34)31(27)14-13-19-7-5-4-6-8-19/h4-12,17-18,27,32H,3,13-16H2,1-2H3/b28-26+/t27-/m0/s1. The summed E-state index contributed by atoms with van der Waals surface area (Å²) in [6.45, 7) is 3.43. The van der Waals surface area contributed by atoms with Gasteiger partial charge in [-0.2, -0.15) is 0 Å². The quantitative estimate of drug-likeness (QED) is 0.268. The van der Waals surface area contributed by atoms with Gasteiger partial charge in [0, 0.05) is 12.1 Å². The fourth-order valence-corrected chi connectivity index (χ4v) is 4.83. The van der Waals surface area contributed by atoms with Crippen molar-refractivity contribution in [2.75, 3.05) is 33.5 Å². The third kappa shape index (κ3) is 4.77. The Hall–Kier alpha value is -4.46. The van der Waals surface area contributed by atoms with Gasteiger partial charge >= 0.3 is 0 Å². The van der Waals surface area contributed by atoms with Crippen LogP contribution in [0.1, 0.15) is 29.7 Å². The van der Waals surface area contributed by atoms with E-state index in [1.807, 2.05) is 37.3 Å². The second kappa shape index (κ2) is 10.9. The first-order valence-electron chi connectivity index (χ1n) is 12.5. The van der Waals surface area contributed by atoms with Crippen molar-refractivity contribution in [3.8, 4) is 23.0 Å². The van der Waals surface area contributed by atoms with E-state index in [-0.39, 0.29) is 17.9 Å². The summed E-state index contributed by atoms with van der Waals surface area (Å²) >= 11 is 0. The fourth-order valence-electron chi connectivity index (χ4n) is 4.83. The molecule has 5 rings (SSSR count). The van der Waals surface area contributed by atoms with E-state index in [1.54, 1.807) is 36.4 Å². The highest BCUT2D eigenvalue weighted by atomic mass is 16.6. The lowest BCUT2D eigenvalue weighted by Crippen LogP contribution is -2.31. The number of aliphatic hydroxyl groups is 1. The SMILES string of the molecule is CCOc1ccc([C@H]2/C(=C(\O)c3ccc4c(c3)OCCO4)C(=O)C(=O)N2CCc2ccccc2)cc1OC. The van der Waals surface area contributed by atoms with Crippen LogP contribution in [0.2, 0.25) is 0 Å². The molecule has 2 aliphatic rings. The van der Waals surface area contributed by atoms with E-state index in [1.165, 1.54) is 12.0 Å². The highest BCUT2D eigenvalue weighted by molar-refractivity contribution is 6.46. The summed E-state index contributed by atoms with van der Waals surface area (Å²) in [5.41, 5.74) is 2.02. The third-order valence-corrected chi connectivity index (χ3v) is 6.64. The minimum absolute atomic E-state index is 0.00551. The summed E-state index contributed by atoms with van der Waals surface area (Å²) in [7, 11) is 1.53. The molecule has 1 saturated heterocycles. The van der Waals surface area contributed by atoms with E-state index in [2.05, 4.69) is 0 Å². The molecule has 1 atom stereocenters. The molecule has 0 aliphatic carbocycles. The highest BCUT2D eigenvalue weighted by Gasteiger charge is 2.46. The van der Waals surface area contributed by atoms with Crippen LogP contribution in [-0.4, -0.2) is 55.2 Å². The molecule has 1 amide bonds. The van der Waals surface area contributed by atoms with Gasteiger partial charge in [-0.25, -0.2) is 0 Å². The number of nitrogens with zero attached hydrogens (tertiary/aromatic N) is 1. The molecular weight excluding hydrogens is 486 g/mol. The number of methoxy groups -OCH3 is 1. The Bertz CT molecular complexity index is 1380.